The third-order valence-electron chi connectivity index (χ3n) is 5.46. The van der Waals surface area contributed by atoms with Gasteiger partial charge in [-0.15, -0.1) is 0 Å². The molecule has 5 rings (SSSR count). The van der Waals surface area contributed by atoms with Gasteiger partial charge in [0.2, 0.25) is 0 Å². The predicted octanol–water partition coefficient (Wildman–Crippen LogP) is 3.13. The minimum Gasteiger partial charge on any atom is -0.354 e. The van der Waals surface area contributed by atoms with Gasteiger partial charge in [-0.1, -0.05) is 0 Å². The smallest absolute Gasteiger partial charge is 0.183 e. The molecule has 0 saturated carbocycles. The van der Waals surface area contributed by atoms with E-state index in [0.717, 1.165) is 53.8 Å². The molecule has 4 aromatic rings. The molecule has 0 unspecified atom stereocenters. The highest BCUT2D eigenvalue weighted by atomic mass is 15.2. The van der Waals surface area contributed by atoms with Gasteiger partial charge >= 0.3 is 0 Å². The van der Waals surface area contributed by atoms with E-state index < -0.39 is 0 Å². The first-order valence-corrected chi connectivity index (χ1v) is 9.80. The molecule has 0 aliphatic carbocycles. The molecule has 146 valence electrons. The average molecular weight is 394 g/mol. The summed E-state index contributed by atoms with van der Waals surface area (Å²) in [6.45, 7) is 1.64. The zero-order valence-corrected chi connectivity index (χ0v) is 16.2. The number of aromatic nitrogens is 6. The molecule has 1 aliphatic rings. The summed E-state index contributed by atoms with van der Waals surface area (Å²) in [5.74, 6) is 1.03. The molecule has 0 radical (unpaired) electrons. The van der Waals surface area contributed by atoms with Crippen molar-refractivity contribution in [2.24, 2.45) is 0 Å². The second kappa shape index (κ2) is 7.79. The van der Waals surface area contributed by atoms with E-state index >= 15 is 0 Å². The van der Waals surface area contributed by atoms with Crippen molar-refractivity contribution in [3.63, 3.8) is 0 Å². The second-order valence-corrected chi connectivity index (χ2v) is 7.24. The first kappa shape index (κ1) is 18.1. The number of pyridine rings is 2. The molecule has 0 aromatic carbocycles. The van der Waals surface area contributed by atoms with Crippen LogP contribution in [0.5, 0.6) is 0 Å². The molecule has 8 nitrogen and oxygen atoms in total. The fraction of sp³-hybridized carbons (Fsp3) is 0.227. The monoisotopic (exact) mass is 394 g/mol. The lowest BCUT2D eigenvalue weighted by Crippen LogP contribution is -2.34. The number of hydrogen-bond acceptors (Lipinski definition) is 8. The highest BCUT2D eigenvalue weighted by Crippen LogP contribution is 2.30. The molecular formula is C22H18N8. The molecule has 8 heteroatoms. The topological polar surface area (TPSA) is 104 Å². The quantitative estimate of drug-likeness (QED) is 0.522. The number of nitriles is 1. The predicted molar refractivity (Wildman–Crippen MR) is 111 cm³/mol. The fourth-order valence-corrected chi connectivity index (χ4v) is 3.89. The minimum absolute atomic E-state index is 0.358. The summed E-state index contributed by atoms with van der Waals surface area (Å²) in [6, 6.07) is 8.38. The lowest BCUT2D eigenvalue weighted by Gasteiger charge is -2.32. The van der Waals surface area contributed by atoms with Crippen LogP contribution in [0.2, 0.25) is 0 Å². The van der Waals surface area contributed by atoms with E-state index in [1.54, 1.807) is 24.8 Å². The Labute approximate surface area is 173 Å². The van der Waals surface area contributed by atoms with Crippen LogP contribution in [0, 0.1) is 11.3 Å². The van der Waals surface area contributed by atoms with E-state index in [-0.39, 0.29) is 0 Å². The van der Waals surface area contributed by atoms with Crippen molar-refractivity contribution < 1.29 is 0 Å². The molecule has 1 fully saturated rings. The number of anilines is 1. The Kier molecular flexibility index (Phi) is 4.69. The van der Waals surface area contributed by atoms with E-state index in [2.05, 4.69) is 54.1 Å². The van der Waals surface area contributed by atoms with Gasteiger partial charge in [-0.2, -0.15) is 5.26 Å². The SMILES string of the molecule is N#Cc1nccnc1N1CCC(c2ccc3cc(-c4cncnc4)cnc3n2)CC1. The summed E-state index contributed by atoms with van der Waals surface area (Å²) >= 11 is 0. The van der Waals surface area contributed by atoms with Gasteiger partial charge in [-0.05, 0) is 31.0 Å². The third kappa shape index (κ3) is 3.42. The molecule has 1 aliphatic heterocycles. The van der Waals surface area contributed by atoms with Crippen molar-refractivity contribution >= 4 is 16.9 Å². The van der Waals surface area contributed by atoms with Gasteiger partial charge in [0.15, 0.2) is 17.2 Å². The zero-order chi connectivity index (χ0) is 20.3. The standard InChI is InChI=1S/C22H18N8/c23-10-20-22(27-6-5-26-20)30-7-3-15(4-8-30)19-2-1-16-9-17(13-28-21(16)29-19)18-11-24-14-25-12-18/h1-2,5-6,9,11-15H,3-4,7-8H2. The van der Waals surface area contributed by atoms with Gasteiger partial charge < -0.3 is 4.90 Å². The van der Waals surface area contributed by atoms with Crippen LogP contribution in [0.25, 0.3) is 22.2 Å². The van der Waals surface area contributed by atoms with Crippen LogP contribution in [0.1, 0.15) is 30.1 Å². The summed E-state index contributed by atoms with van der Waals surface area (Å²) in [5, 5.41) is 10.3. The van der Waals surface area contributed by atoms with E-state index in [1.165, 1.54) is 6.33 Å². The Morgan fingerprint density at radius 2 is 1.73 bits per heavy atom. The van der Waals surface area contributed by atoms with E-state index in [0.29, 0.717) is 17.4 Å². The first-order chi connectivity index (χ1) is 14.8. The van der Waals surface area contributed by atoms with Crippen LogP contribution in [-0.4, -0.2) is 43.0 Å². The van der Waals surface area contributed by atoms with Crippen LogP contribution in [0.3, 0.4) is 0 Å². The highest BCUT2D eigenvalue weighted by Gasteiger charge is 2.24. The summed E-state index contributed by atoms with van der Waals surface area (Å²) in [4.78, 5) is 28.1. The van der Waals surface area contributed by atoms with Gasteiger partial charge in [-0.25, -0.2) is 29.9 Å². The van der Waals surface area contributed by atoms with Crippen molar-refractivity contribution in [1.29, 1.82) is 5.26 Å². The van der Waals surface area contributed by atoms with Crippen molar-refractivity contribution in [3.8, 4) is 17.2 Å². The molecule has 0 bridgehead atoms. The fourth-order valence-electron chi connectivity index (χ4n) is 3.89. The molecular weight excluding hydrogens is 376 g/mol. The summed E-state index contributed by atoms with van der Waals surface area (Å²) in [5.41, 5.74) is 4.09. The lowest BCUT2D eigenvalue weighted by molar-refractivity contribution is 0.494. The van der Waals surface area contributed by atoms with Crippen molar-refractivity contribution in [1.82, 2.24) is 29.9 Å². The maximum Gasteiger partial charge on any atom is 0.183 e. The lowest BCUT2D eigenvalue weighted by atomic mass is 9.92. The second-order valence-electron chi connectivity index (χ2n) is 7.24. The molecule has 0 N–H and O–H groups in total. The summed E-state index contributed by atoms with van der Waals surface area (Å²) < 4.78 is 0. The van der Waals surface area contributed by atoms with Crippen molar-refractivity contribution in [2.45, 2.75) is 18.8 Å². The summed E-state index contributed by atoms with van der Waals surface area (Å²) in [6.07, 6.45) is 12.0. The number of nitrogens with zero attached hydrogens (tertiary/aromatic N) is 8. The van der Waals surface area contributed by atoms with Gasteiger partial charge in [0, 0.05) is 72.2 Å². The zero-order valence-electron chi connectivity index (χ0n) is 16.2. The molecule has 5 heterocycles. The van der Waals surface area contributed by atoms with Crippen molar-refractivity contribution in [3.05, 3.63) is 66.9 Å². The largest absolute Gasteiger partial charge is 0.354 e. The highest BCUT2D eigenvalue weighted by molar-refractivity contribution is 5.80. The Bertz CT molecular complexity index is 1230. The molecule has 0 amide bonds. The Morgan fingerprint density at radius 3 is 2.53 bits per heavy atom. The van der Waals surface area contributed by atoms with Gasteiger partial charge in [0.1, 0.15) is 12.4 Å². The maximum absolute atomic E-state index is 9.27. The Morgan fingerprint density at radius 1 is 0.933 bits per heavy atom. The number of fused-ring (bicyclic) bond motifs is 1. The average Bonchev–Trinajstić information content (AvgIpc) is 2.84. The number of piperidine rings is 1. The molecule has 4 aromatic heterocycles. The minimum atomic E-state index is 0.358. The summed E-state index contributed by atoms with van der Waals surface area (Å²) in [7, 11) is 0. The number of rotatable bonds is 3. The van der Waals surface area contributed by atoms with Gasteiger partial charge in [-0.3, -0.25) is 0 Å². The van der Waals surface area contributed by atoms with E-state index in [9.17, 15) is 5.26 Å². The van der Waals surface area contributed by atoms with Gasteiger partial charge in [0.05, 0.1) is 0 Å². The van der Waals surface area contributed by atoms with Crippen LogP contribution < -0.4 is 4.90 Å². The van der Waals surface area contributed by atoms with Crippen LogP contribution in [0.15, 0.2) is 55.5 Å². The van der Waals surface area contributed by atoms with E-state index in [1.807, 2.05) is 6.20 Å². The normalized spacial score (nSPS) is 14.6. The maximum atomic E-state index is 9.27. The number of hydrogen-bond donors (Lipinski definition) is 0. The Balaban J connectivity index is 1.34. The first-order valence-electron chi connectivity index (χ1n) is 9.80. The van der Waals surface area contributed by atoms with E-state index in [4.69, 9.17) is 4.98 Å². The Hall–Kier alpha value is -3.99. The molecule has 1 saturated heterocycles. The molecule has 0 atom stereocenters. The molecule has 0 spiro atoms. The van der Waals surface area contributed by atoms with Crippen LogP contribution in [0.4, 0.5) is 5.82 Å². The van der Waals surface area contributed by atoms with Gasteiger partial charge in [0.25, 0.3) is 0 Å². The van der Waals surface area contributed by atoms with Crippen LogP contribution in [-0.2, 0) is 0 Å². The van der Waals surface area contributed by atoms with Crippen LogP contribution >= 0.6 is 0 Å². The van der Waals surface area contributed by atoms with Crippen molar-refractivity contribution in [2.75, 3.05) is 18.0 Å². The third-order valence-corrected chi connectivity index (χ3v) is 5.46. The molecule has 30 heavy (non-hydrogen) atoms.